The molecule has 0 saturated carbocycles. The van der Waals surface area contributed by atoms with E-state index in [2.05, 4.69) is 4.98 Å². The topological polar surface area (TPSA) is 134 Å². The molecule has 12 heteroatoms. The third-order valence-corrected chi connectivity index (χ3v) is 7.48. The molecule has 1 fully saturated rings. The van der Waals surface area contributed by atoms with Gasteiger partial charge in [0.2, 0.25) is 0 Å². The van der Waals surface area contributed by atoms with E-state index in [9.17, 15) is 25.2 Å². The highest BCUT2D eigenvalue weighted by atomic mass is 35.5. The van der Waals surface area contributed by atoms with Gasteiger partial charge in [0.15, 0.2) is 0 Å². The molecule has 4 N–H and O–H groups in total. The van der Waals surface area contributed by atoms with E-state index in [1.54, 1.807) is 35.9 Å². The first-order chi connectivity index (χ1) is 16.2. The van der Waals surface area contributed by atoms with Gasteiger partial charge in [-0.05, 0) is 36.4 Å². The number of carbonyl (C=O) groups is 1. The van der Waals surface area contributed by atoms with Gasteiger partial charge in [-0.2, -0.15) is 0 Å². The molecule has 3 aromatic rings. The maximum atomic E-state index is 11.3. The summed E-state index contributed by atoms with van der Waals surface area (Å²) in [6, 6.07) is 9.55. The van der Waals surface area contributed by atoms with Crippen LogP contribution in [0.2, 0.25) is 10.0 Å². The Labute approximate surface area is 208 Å². The van der Waals surface area contributed by atoms with Gasteiger partial charge in [0.05, 0.1) is 33.2 Å². The predicted octanol–water partition coefficient (Wildman–Crippen LogP) is 2.69. The van der Waals surface area contributed by atoms with Gasteiger partial charge in [0.1, 0.15) is 42.3 Å². The Balaban J connectivity index is 1.53. The summed E-state index contributed by atoms with van der Waals surface area (Å²) in [6.45, 7) is -0.550. The molecular formula is C22H22Cl2N2O7S. The molecule has 0 aliphatic carbocycles. The number of rotatable bonds is 7. The number of thioether (sulfide) groups is 1. The van der Waals surface area contributed by atoms with Crippen molar-refractivity contribution in [3.05, 3.63) is 57.8 Å². The Bertz CT molecular complexity index is 1210. The fraction of sp³-hybridized carbons (Fsp3) is 0.364. The van der Waals surface area contributed by atoms with E-state index in [0.29, 0.717) is 31.8 Å². The molecular weight excluding hydrogens is 507 g/mol. The molecule has 1 aliphatic rings. The number of ether oxygens (including phenoxy) is 2. The standard InChI is InChI=1S/C22H22Cl2N2O7S/c1-26-15-6-10(21(30)31)2-5-14(15)25-17(26)9-32-20-18(28)16(8-27)33-22(19(20)29)34-11-3-4-12(23)13(24)7-11/h2-7,16,18-20,22,27-29H,8-9H2,1H3,(H,30,31)/t16-,18+,19-,20+,22-/m1/s1. The van der Waals surface area contributed by atoms with Gasteiger partial charge in [-0.15, -0.1) is 0 Å². The van der Waals surface area contributed by atoms with Crippen molar-refractivity contribution in [3.63, 3.8) is 0 Å². The summed E-state index contributed by atoms with van der Waals surface area (Å²) in [5, 5.41) is 41.2. The second-order valence-electron chi connectivity index (χ2n) is 7.77. The van der Waals surface area contributed by atoms with Crippen molar-refractivity contribution in [1.29, 1.82) is 0 Å². The molecule has 5 atom stereocenters. The number of halogens is 2. The quantitative estimate of drug-likeness (QED) is 0.365. The first kappa shape index (κ1) is 25.2. The fourth-order valence-electron chi connectivity index (χ4n) is 3.70. The first-order valence-corrected chi connectivity index (χ1v) is 11.9. The second-order valence-corrected chi connectivity index (χ2v) is 9.76. The highest BCUT2D eigenvalue weighted by Gasteiger charge is 2.45. The SMILES string of the molecule is Cn1c(CO[C@@H]2[C@@H](O)[C@@H](Sc3ccc(Cl)c(Cl)c3)O[C@H](CO)[C@@H]2O)nc2ccc(C(=O)O)cc21. The number of carboxylic acid groups (broad SMARTS) is 1. The number of aromatic carboxylic acids is 1. The molecule has 2 aromatic carbocycles. The third-order valence-electron chi connectivity index (χ3n) is 5.59. The zero-order chi connectivity index (χ0) is 24.6. The van der Waals surface area contributed by atoms with E-state index in [4.69, 9.17) is 32.7 Å². The Kier molecular flexibility index (Phi) is 7.70. The van der Waals surface area contributed by atoms with Crippen LogP contribution in [-0.4, -0.2) is 72.4 Å². The number of hydrogen-bond acceptors (Lipinski definition) is 8. The molecule has 182 valence electrons. The summed E-state index contributed by atoms with van der Waals surface area (Å²) < 4.78 is 13.3. The van der Waals surface area contributed by atoms with Crippen LogP contribution >= 0.6 is 35.0 Å². The lowest BCUT2D eigenvalue weighted by Gasteiger charge is -2.41. The molecule has 1 aromatic heterocycles. The molecule has 4 rings (SSSR count). The molecule has 9 nitrogen and oxygen atoms in total. The highest BCUT2D eigenvalue weighted by Crippen LogP contribution is 2.37. The number of aliphatic hydroxyl groups is 3. The van der Waals surface area contributed by atoms with Crippen LogP contribution in [0.4, 0.5) is 0 Å². The Hall–Kier alpha value is -1.89. The van der Waals surface area contributed by atoms with E-state index >= 15 is 0 Å². The average molecular weight is 529 g/mol. The number of aromatic nitrogens is 2. The minimum absolute atomic E-state index is 0.0747. The maximum absolute atomic E-state index is 11.3. The number of fused-ring (bicyclic) bond motifs is 1. The Morgan fingerprint density at radius 1 is 1.18 bits per heavy atom. The summed E-state index contributed by atoms with van der Waals surface area (Å²) in [5.41, 5.74) is 0.459. The largest absolute Gasteiger partial charge is 0.478 e. The molecule has 0 radical (unpaired) electrons. The second kappa shape index (κ2) is 10.4. The lowest BCUT2D eigenvalue weighted by Crippen LogP contribution is -2.58. The first-order valence-electron chi connectivity index (χ1n) is 10.2. The number of imidazole rings is 1. The molecule has 0 bridgehead atoms. The lowest BCUT2D eigenvalue weighted by atomic mass is 10.00. The van der Waals surface area contributed by atoms with Crippen LogP contribution in [0, 0.1) is 0 Å². The highest BCUT2D eigenvalue weighted by molar-refractivity contribution is 7.99. The van der Waals surface area contributed by atoms with Crippen molar-refractivity contribution in [1.82, 2.24) is 9.55 Å². The summed E-state index contributed by atoms with van der Waals surface area (Å²) in [6.07, 6.45) is -4.60. The zero-order valence-electron chi connectivity index (χ0n) is 17.8. The molecule has 0 amide bonds. The summed E-state index contributed by atoms with van der Waals surface area (Å²) in [7, 11) is 1.72. The third kappa shape index (κ3) is 5.05. The normalized spacial score (nSPS) is 25.1. The van der Waals surface area contributed by atoms with Crippen LogP contribution in [0.3, 0.4) is 0 Å². The fourth-order valence-corrected chi connectivity index (χ4v) is 5.16. The van der Waals surface area contributed by atoms with Crippen LogP contribution in [0.25, 0.3) is 11.0 Å². The van der Waals surface area contributed by atoms with Gasteiger partial charge < -0.3 is 34.5 Å². The van der Waals surface area contributed by atoms with Crippen LogP contribution in [0.5, 0.6) is 0 Å². The Morgan fingerprint density at radius 3 is 2.62 bits per heavy atom. The van der Waals surface area contributed by atoms with Gasteiger partial charge >= 0.3 is 5.97 Å². The van der Waals surface area contributed by atoms with Crippen LogP contribution < -0.4 is 0 Å². The summed E-state index contributed by atoms with van der Waals surface area (Å²) >= 11 is 13.2. The van der Waals surface area contributed by atoms with E-state index in [0.717, 1.165) is 11.8 Å². The number of aryl methyl sites for hydroxylation is 1. The number of hydrogen-bond donors (Lipinski definition) is 4. The summed E-state index contributed by atoms with van der Waals surface area (Å²) in [5.74, 6) is -0.576. The molecule has 2 heterocycles. The smallest absolute Gasteiger partial charge is 0.335 e. The van der Waals surface area contributed by atoms with E-state index < -0.39 is 42.4 Å². The molecule has 0 unspecified atom stereocenters. The van der Waals surface area contributed by atoms with Gasteiger partial charge in [-0.25, -0.2) is 9.78 Å². The molecule has 0 spiro atoms. The monoisotopic (exact) mass is 528 g/mol. The van der Waals surface area contributed by atoms with E-state index in [-0.39, 0.29) is 12.2 Å². The van der Waals surface area contributed by atoms with Gasteiger partial charge in [0.25, 0.3) is 0 Å². The number of carboxylic acids is 1. The summed E-state index contributed by atoms with van der Waals surface area (Å²) in [4.78, 5) is 16.4. The van der Waals surface area contributed by atoms with Crippen LogP contribution in [-0.2, 0) is 23.1 Å². The van der Waals surface area contributed by atoms with Crippen molar-refractivity contribution in [2.24, 2.45) is 7.05 Å². The van der Waals surface area contributed by atoms with Gasteiger partial charge in [0, 0.05) is 11.9 Å². The predicted molar refractivity (Wildman–Crippen MR) is 126 cm³/mol. The maximum Gasteiger partial charge on any atom is 0.335 e. The van der Waals surface area contributed by atoms with E-state index in [1.165, 1.54) is 12.1 Å². The number of aliphatic hydroxyl groups excluding tert-OH is 3. The van der Waals surface area contributed by atoms with Crippen molar-refractivity contribution in [2.45, 2.75) is 41.4 Å². The number of nitrogens with zero attached hydrogens (tertiary/aromatic N) is 2. The minimum Gasteiger partial charge on any atom is -0.478 e. The molecule has 1 saturated heterocycles. The Morgan fingerprint density at radius 2 is 1.94 bits per heavy atom. The zero-order valence-corrected chi connectivity index (χ0v) is 20.2. The van der Waals surface area contributed by atoms with Crippen molar-refractivity contribution >= 4 is 52.0 Å². The average Bonchev–Trinajstić information content (AvgIpc) is 3.12. The van der Waals surface area contributed by atoms with Crippen molar-refractivity contribution < 1.29 is 34.7 Å². The molecule has 1 aliphatic heterocycles. The molecule has 34 heavy (non-hydrogen) atoms. The van der Waals surface area contributed by atoms with Crippen molar-refractivity contribution in [2.75, 3.05) is 6.61 Å². The van der Waals surface area contributed by atoms with Gasteiger partial charge in [-0.1, -0.05) is 35.0 Å². The van der Waals surface area contributed by atoms with Crippen molar-refractivity contribution in [3.8, 4) is 0 Å². The van der Waals surface area contributed by atoms with Crippen LogP contribution in [0.1, 0.15) is 16.2 Å². The van der Waals surface area contributed by atoms with Crippen LogP contribution in [0.15, 0.2) is 41.3 Å². The van der Waals surface area contributed by atoms with Gasteiger partial charge in [-0.3, -0.25) is 0 Å². The van der Waals surface area contributed by atoms with E-state index in [1.807, 2.05) is 0 Å². The lowest BCUT2D eigenvalue weighted by molar-refractivity contribution is -0.223. The minimum atomic E-state index is -1.29. The number of benzene rings is 2.